The molecule has 0 fully saturated rings. The molecule has 1 aromatic heterocycles. The van der Waals surface area contributed by atoms with Gasteiger partial charge in [0.15, 0.2) is 0 Å². The summed E-state index contributed by atoms with van der Waals surface area (Å²) in [6, 6.07) is 7.96. The molecule has 104 valence electrons. The molecule has 0 aliphatic carbocycles. The number of nitrogens with one attached hydrogen (secondary N) is 1. The Balaban J connectivity index is 2.26. The van der Waals surface area contributed by atoms with Crippen LogP contribution in [0.15, 0.2) is 41.3 Å². The lowest BCUT2D eigenvalue weighted by molar-refractivity contribution is 0.102. The summed E-state index contributed by atoms with van der Waals surface area (Å²) in [5.74, 6) is 0.0349. The fourth-order valence-corrected chi connectivity index (χ4v) is 1.97. The van der Waals surface area contributed by atoms with Gasteiger partial charge in [0.05, 0.1) is 12.1 Å². The number of halogens is 1. The van der Waals surface area contributed by atoms with Crippen molar-refractivity contribution in [3.8, 4) is 5.75 Å². The minimum absolute atomic E-state index is 0.0712. The number of carbonyl (C=O) groups is 1. The Bertz CT molecular complexity index is 710. The first-order chi connectivity index (χ1) is 9.52. The molecule has 1 amide bonds. The molecule has 0 unspecified atom stereocenters. The molecule has 1 N–H and O–H groups in total. The number of aryl methyl sites for hydroxylation is 1. The Morgan fingerprint density at radius 2 is 2.10 bits per heavy atom. The van der Waals surface area contributed by atoms with Gasteiger partial charge in [0.1, 0.15) is 11.3 Å². The normalized spacial score (nSPS) is 10.2. The molecule has 2 aromatic rings. The van der Waals surface area contributed by atoms with Crippen LogP contribution in [0.1, 0.15) is 10.4 Å². The van der Waals surface area contributed by atoms with Crippen molar-refractivity contribution in [1.82, 2.24) is 4.57 Å². The van der Waals surface area contributed by atoms with Crippen LogP contribution in [0.5, 0.6) is 5.75 Å². The Labute approximate surface area is 120 Å². The summed E-state index contributed by atoms with van der Waals surface area (Å²) < 4.78 is 6.37. The van der Waals surface area contributed by atoms with Gasteiger partial charge in [0.25, 0.3) is 11.5 Å². The maximum atomic E-state index is 12.1. The van der Waals surface area contributed by atoms with Crippen LogP contribution in [0.2, 0.25) is 5.02 Å². The van der Waals surface area contributed by atoms with Gasteiger partial charge in [0, 0.05) is 18.9 Å². The smallest absolute Gasteiger partial charge is 0.263 e. The Hall–Kier alpha value is -2.27. The van der Waals surface area contributed by atoms with Crippen molar-refractivity contribution in [1.29, 1.82) is 0 Å². The zero-order chi connectivity index (χ0) is 14.7. The summed E-state index contributed by atoms with van der Waals surface area (Å²) in [5, 5.41) is 3.01. The molecular weight excluding hydrogens is 280 g/mol. The average Bonchev–Trinajstić information content (AvgIpc) is 2.42. The van der Waals surface area contributed by atoms with Crippen molar-refractivity contribution in [2.24, 2.45) is 7.05 Å². The number of ether oxygens (including phenoxy) is 1. The quantitative estimate of drug-likeness (QED) is 0.944. The van der Waals surface area contributed by atoms with Gasteiger partial charge < -0.3 is 14.6 Å². The van der Waals surface area contributed by atoms with Crippen LogP contribution < -0.4 is 15.6 Å². The Morgan fingerprint density at radius 1 is 1.35 bits per heavy atom. The van der Waals surface area contributed by atoms with Gasteiger partial charge in [-0.05, 0) is 30.3 Å². The topological polar surface area (TPSA) is 60.3 Å². The molecule has 0 radical (unpaired) electrons. The first-order valence-corrected chi connectivity index (χ1v) is 6.21. The number of aromatic nitrogens is 1. The highest BCUT2D eigenvalue weighted by Crippen LogP contribution is 2.27. The molecule has 5 nitrogen and oxygen atoms in total. The Kier molecular flexibility index (Phi) is 4.10. The molecule has 0 aliphatic heterocycles. The molecule has 20 heavy (non-hydrogen) atoms. The van der Waals surface area contributed by atoms with Crippen molar-refractivity contribution >= 4 is 23.2 Å². The first kappa shape index (κ1) is 14.1. The van der Waals surface area contributed by atoms with Crippen molar-refractivity contribution in [3.05, 3.63) is 57.5 Å². The highest BCUT2D eigenvalue weighted by molar-refractivity contribution is 6.32. The summed E-state index contributed by atoms with van der Waals surface area (Å²) in [4.78, 5) is 23.9. The highest BCUT2D eigenvalue weighted by Gasteiger charge is 2.12. The van der Waals surface area contributed by atoms with Crippen LogP contribution >= 0.6 is 11.6 Å². The van der Waals surface area contributed by atoms with E-state index in [-0.39, 0.29) is 11.1 Å². The number of nitrogens with zero attached hydrogens (tertiary/aromatic N) is 1. The van der Waals surface area contributed by atoms with E-state index in [1.54, 1.807) is 37.5 Å². The number of hydrogen-bond donors (Lipinski definition) is 1. The van der Waals surface area contributed by atoms with Gasteiger partial charge in [-0.15, -0.1) is 0 Å². The van der Waals surface area contributed by atoms with E-state index in [9.17, 15) is 9.59 Å². The molecule has 6 heteroatoms. The number of anilines is 1. The van der Waals surface area contributed by atoms with E-state index < -0.39 is 5.91 Å². The first-order valence-electron chi connectivity index (χ1n) is 5.83. The van der Waals surface area contributed by atoms with Crippen LogP contribution in [0.25, 0.3) is 0 Å². The minimum atomic E-state index is -0.479. The SMILES string of the molecule is COc1ccc(NC(=O)c2cccn(C)c2=O)cc1Cl. The Morgan fingerprint density at radius 3 is 2.75 bits per heavy atom. The number of carbonyl (C=O) groups excluding carboxylic acids is 1. The molecule has 2 rings (SSSR count). The van der Waals surface area contributed by atoms with Gasteiger partial charge in [-0.2, -0.15) is 0 Å². The maximum absolute atomic E-state index is 12.1. The molecule has 0 atom stereocenters. The van der Waals surface area contributed by atoms with E-state index in [1.807, 2.05) is 0 Å². The predicted molar refractivity (Wildman–Crippen MR) is 77.6 cm³/mol. The third-order valence-electron chi connectivity index (χ3n) is 2.78. The van der Waals surface area contributed by atoms with E-state index in [0.717, 1.165) is 0 Å². The fourth-order valence-electron chi connectivity index (χ4n) is 1.71. The summed E-state index contributed by atoms with van der Waals surface area (Å²) in [7, 11) is 3.09. The number of benzene rings is 1. The van der Waals surface area contributed by atoms with Crippen molar-refractivity contribution in [3.63, 3.8) is 0 Å². The molecular formula is C14H13ClN2O3. The van der Waals surface area contributed by atoms with Crippen molar-refractivity contribution < 1.29 is 9.53 Å². The van der Waals surface area contributed by atoms with Crippen molar-refractivity contribution in [2.45, 2.75) is 0 Å². The van der Waals surface area contributed by atoms with Gasteiger partial charge >= 0.3 is 0 Å². The largest absolute Gasteiger partial charge is 0.495 e. The zero-order valence-corrected chi connectivity index (χ0v) is 11.8. The summed E-state index contributed by atoms with van der Waals surface area (Å²) in [6.07, 6.45) is 1.59. The molecule has 1 heterocycles. The van der Waals surface area contributed by atoms with Gasteiger partial charge in [-0.1, -0.05) is 11.6 Å². The number of methoxy groups -OCH3 is 1. The summed E-state index contributed by atoms with van der Waals surface area (Å²) in [5.41, 5.74) is 0.207. The average molecular weight is 293 g/mol. The lowest BCUT2D eigenvalue weighted by atomic mass is 10.2. The lowest BCUT2D eigenvalue weighted by Gasteiger charge is -2.08. The van der Waals surface area contributed by atoms with E-state index in [1.165, 1.54) is 17.7 Å². The van der Waals surface area contributed by atoms with E-state index in [4.69, 9.17) is 16.3 Å². The van der Waals surface area contributed by atoms with E-state index in [0.29, 0.717) is 16.5 Å². The van der Waals surface area contributed by atoms with Crippen LogP contribution in [0, 0.1) is 0 Å². The molecule has 0 bridgehead atoms. The molecule has 1 aromatic carbocycles. The third kappa shape index (κ3) is 2.83. The zero-order valence-electron chi connectivity index (χ0n) is 11.0. The van der Waals surface area contributed by atoms with Gasteiger partial charge in [0.2, 0.25) is 0 Å². The second-order valence-corrected chi connectivity index (χ2v) is 4.55. The van der Waals surface area contributed by atoms with E-state index >= 15 is 0 Å². The minimum Gasteiger partial charge on any atom is -0.495 e. The fraction of sp³-hybridized carbons (Fsp3) is 0.143. The second-order valence-electron chi connectivity index (χ2n) is 4.14. The number of hydrogen-bond acceptors (Lipinski definition) is 3. The van der Waals surface area contributed by atoms with Gasteiger partial charge in [-0.3, -0.25) is 9.59 Å². The highest BCUT2D eigenvalue weighted by atomic mass is 35.5. The molecule has 0 aliphatic rings. The molecule has 0 saturated carbocycles. The van der Waals surface area contributed by atoms with Crippen molar-refractivity contribution in [2.75, 3.05) is 12.4 Å². The number of rotatable bonds is 3. The van der Waals surface area contributed by atoms with E-state index in [2.05, 4.69) is 5.32 Å². The van der Waals surface area contributed by atoms with Crippen LogP contribution in [0.4, 0.5) is 5.69 Å². The van der Waals surface area contributed by atoms with Crippen LogP contribution in [-0.4, -0.2) is 17.6 Å². The van der Waals surface area contributed by atoms with Gasteiger partial charge in [-0.25, -0.2) is 0 Å². The lowest BCUT2D eigenvalue weighted by Crippen LogP contribution is -2.26. The standard InChI is InChI=1S/C14H13ClN2O3/c1-17-7-3-4-10(14(17)19)13(18)16-9-5-6-12(20-2)11(15)8-9/h3-8H,1-2H3,(H,16,18). The summed E-state index contributed by atoms with van der Waals surface area (Å²) >= 11 is 5.97. The number of pyridine rings is 1. The predicted octanol–water partition coefficient (Wildman–Crippen LogP) is 2.30. The molecule has 0 spiro atoms. The molecule has 0 saturated heterocycles. The summed E-state index contributed by atoms with van der Waals surface area (Å²) in [6.45, 7) is 0. The number of amides is 1. The van der Waals surface area contributed by atoms with Crippen LogP contribution in [-0.2, 0) is 7.05 Å². The maximum Gasteiger partial charge on any atom is 0.263 e. The second kappa shape index (κ2) is 5.79. The monoisotopic (exact) mass is 292 g/mol. The van der Waals surface area contributed by atoms with Crippen LogP contribution in [0.3, 0.4) is 0 Å². The third-order valence-corrected chi connectivity index (χ3v) is 3.07.